The van der Waals surface area contributed by atoms with Crippen molar-refractivity contribution >= 4 is 39.9 Å². The van der Waals surface area contributed by atoms with Crippen LogP contribution in [0, 0.1) is 0 Å². The van der Waals surface area contributed by atoms with Gasteiger partial charge in [0.1, 0.15) is 5.01 Å². The fraction of sp³-hybridized carbons (Fsp3) is 0.333. The molecule has 3 N–H and O–H groups in total. The largest absolute Gasteiger partial charge is 0.301 e. The molecule has 0 atom stereocenters. The number of amides is 2. The molecule has 0 aliphatic heterocycles. The Balaban J connectivity index is 1.76. The van der Waals surface area contributed by atoms with Crippen LogP contribution >= 0.6 is 22.9 Å². The molecule has 0 aliphatic carbocycles. The van der Waals surface area contributed by atoms with Gasteiger partial charge >= 0.3 is 0 Å². The SMILES string of the molecule is O=C(CCCCCC(=O)Nc1nnc(-c2cccc(Cl)c2)s1)NO. The molecule has 2 amide bonds. The molecule has 9 heteroatoms. The molecule has 1 heterocycles. The van der Waals surface area contributed by atoms with Crippen LogP contribution in [0.25, 0.3) is 10.6 Å². The third-order valence-corrected chi connectivity index (χ3v) is 4.30. The molecule has 0 unspecified atom stereocenters. The number of hydroxylamine groups is 1. The molecule has 2 rings (SSSR count). The van der Waals surface area contributed by atoms with Crippen LogP contribution in [-0.2, 0) is 9.59 Å². The fourth-order valence-electron chi connectivity index (χ4n) is 2.00. The second kappa shape index (κ2) is 9.31. The summed E-state index contributed by atoms with van der Waals surface area (Å²) in [6.07, 6.45) is 2.59. The van der Waals surface area contributed by atoms with E-state index in [9.17, 15) is 9.59 Å². The van der Waals surface area contributed by atoms with Gasteiger partial charge in [-0.05, 0) is 25.0 Å². The smallest absolute Gasteiger partial charge is 0.243 e. The maximum Gasteiger partial charge on any atom is 0.243 e. The van der Waals surface area contributed by atoms with E-state index >= 15 is 0 Å². The topological polar surface area (TPSA) is 104 Å². The summed E-state index contributed by atoms with van der Waals surface area (Å²) < 4.78 is 0. The van der Waals surface area contributed by atoms with Crippen molar-refractivity contribution in [1.82, 2.24) is 15.7 Å². The van der Waals surface area contributed by atoms with Crippen LogP contribution in [0.4, 0.5) is 5.13 Å². The molecule has 0 spiro atoms. The second-order valence-electron chi connectivity index (χ2n) is 5.07. The predicted molar refractivity (Wildman–Crippen MR) is 92.0 cm³/mol. The average molecular weight is 369 g/mol. The van der Waals surface area contributed by atoms with Crippen molar-refractivity contribution in [3.05, 3.63) is 29.3 Å². The number of nitrogens with one attached hydrogen (secondary N) is 2. The molecule has 0 saturated carbocycles. The minimum Gasteiger partial charge on any atom is -0.301 e. The van der Waals surface area contributed by atoms with Gasteiger partial charge in [-0.2, -0.15) is 0 Å². The van der Waals surface area contributed by atoms with Crippen LogP contribution in [0.15, 0.2) is 24.3 Å². The fourth-order valence-corrected chi connectivity index (χ4v) is 2.94. The van der Waals surface area contributed by atoms with Crippen molar-refractivity contribution in [2.75, 3.05) is 5.32 Å². The Hall–Kier alpha value is -2.03. The Kier molecular flexibility index (Phi) is 7.10. The van der Waals surface area contributed by atoms with E-state index in [-0.39, 0.29) is 12.3 Å². The number of hydrogen-bond acceptors (Lipinski definition) is 6. The van der Waals surface area contributed by atoms with Crippen molar-refractivity contribution in [2.24, 2.45) is 0 Å². The molecular formula is C15H17ClN4O3S. The number of benzene rings is 1. The number of rotatable bonds is 8. The minimum atomic E-state index is -0.415. The van der Waals surface area contributed by atoms with E-state index in [1.807, 2.05) is 12.1 Å². The van der Waals surface area contributed by atoms with Gasteiger partial charge in [0, 0.05) is 23.4 Å². The van der Waals surface area contributed by atoms with Crippen molar-refractivity contribution < 1.29 is 14.8 Å². The highest BCUT2D eigenvalue weighted by Gasteiger charge is 2.10. The summed E-state index contributed by atoms with van der Waals surface area (Å²) in [7, 11) is 0. The van der Waals surface area contributed by atoms with Gasteiger partial charge in [-0.3, -0.25) is 14.8 Å². The molecule has 1 aromatic heterocycles. The zero-order valence-electron chi connectivity index (χ0n) is 12.8. The molecule has 0 bridgehead atoms. The monoisotopic (exact) mass is 368 g/mol. The summed E-state index contributed by atoms with van der Waals surface area (Å²) in [6.45, 7) is 0. The van der Waals surface area contributed by atoms with Gasteiger partial charge in [0.25, 0.3) is 0 Å². The maximum atomic E-state index is 11.9. The van der Waals surface area contributed by atoms with Crippen molar-refractivity contribution in [3.63, 3.8) is 0 Å². The third kappa shape index (κ3) is 5.88. The first-order valence-corrected chi connectivity index (χ1v) is 8.60. The highest BCUT2D eigenvalue weighted by atomic mass is 35.5. The van der Waals surface area contributed by atoms with E-state index in [0.717, 1.165) is 12.0 Å². The number of aromatic nitrogens is 2. The number of carbonyl (C=O) groups excluding carboxylic acids is 2. The first-order chi connectivity index (χ1) is 11.6. The minimum absolute atomic E-state index is 0.143. The highest BCUT2D eigenvalue weighted by Crippen LogP contribution is 2.28. The van der Waals surface area contributed by atoms with Gasteiger partial charge in [0.15, 0.2) is 0 Å². The first kappa shape index (κ1) is 18.3. The van der Waals surface area contributed by atoms with Crippen molar-refractivity contribution in [2.45, 2.75) is 32.1 Å². The lowest BCUT2D eigenvalue weighted by atomic mass is 10.1. The normalized spacial score (nSPS) is 10.4. The van der Waals surface area contributed by atoms with Crippen LogP contribution in [0.1, 0.15) is 32.1 Å². The van der Waals surface area contributed by atoms with E-state index in [4.69, 9.17) is 16.8 Å². The molecular weight excluding hydrogens is 352 g/mol. The summed E-state index contributed by atoms with van der Waals surface area (Å²) in [5.41, 5.74) is 2.43. The molecule has 1 aromatic carbocycles. The quantitative estimate of drug-likeness (QED) is 0.377. The molecule has 0 radical (unpaired) electrons. The Morgan fingerprint density at radius 1 is 1.12 bits per heavy atom. The van der Waals surface area contributed by atoms with Gasteiger partial charge in [0.05, 0.1) is 0 Å². The summed E-state index contributed by atoms with van der Waals surface area (Å²) in [4.78, 5) is 22.7. The highest BCUT2D eigenvalue weighted by molar-refractivity contribution is 7.18. The summed E-state index contributed by atoms with van der Waals surface area (Å²) in [5, 5.41) is 20.8. The van der Waals surface area contributed by atoms with Crippen molar-refractivity contribution in [1.29, 1.82) is 0 Å². The Bertz CT molecular complexity index is 708. The molecule has 128 valence electrons. The van der Waals surface area contributed by atoms with Gasteiger partial charge in [0.2, 0.25) is 16.9 Å². The summed E-state index contributed by atoms with van der Waals surface area (Å²) in [5.74, 6) is -0.558. The Morgan fingerprint density at radius 2 is 1.88 bits per heavy atom. The molecule has 2 aromatic rings. The number of anilines is 1. The van der Waals surface area contributed by atoms with Crippen LogP contribution in [0.3, 0.4) is 0 Å². The number of nitrogens with zero attached hydrogens (tertiary/aromatic N) is 2. The third-order valence-electron chi connectivity index (χ3n) is 3.18. The molecule has 7 nitrogen and oxygen atoms in total. The van der Waals surface area contributed by atoms with E-state index in [2.05, 4.69) is 15.5 Å². The number of hydrogen-bond donors (Lipinski definition) is 3. The lowest BCUT2D eigenvalue weighted by Gasteiger charge is -2.01. The lowest BCUT2D eigenvalue weighted by Crippen LogP contribution is -2.17. The van der Waals surface area contributed by atoms with Crippen LogP contribution in [0.2, 0.25) is 5.02 Å². The number of unbranched alkanes of at least 4 members (excludes halogenated alkanes) is 2. The van der Waals surface area contributed by atoms with Gasteiger partial charge in [-0.25, -0.2) is 5.48 Å². The molecule has 0 fully saturated rings. The van der Waals surface area contributed by atoms with Gasteiger partial charge in [-0.15, -0.1) is 10.2 Å². The zero-order valence-corrected chi connectivity index (χ0v) is 14.4. The van der Waals surface area contributed by atoms with E-state index in [1.54, 1.807) is 17.6 Å². The zero-order chi connectivity index (χ0) is 17.4. The van der Waals surface area contributed by atoms with Crippen LogP contribution in [0.5, 0.6) is 0 Å². The van der Waals surface area contributed by atoms with Crippen molar-refractivity contribution in [3.8, 4) is 10.6 Å². The first-order valence-electron chi connectivity index (χ1n) is 7.40. The van der Waals surface area contributed by atoms with E-state index in [0.29, 0.717) is 34.4 Å². The van der Waals surface area contributed by atoms with Gasteiger partial charge < -0.3 is 5.32 Å². The van der Waals surface area contributed by atoms with E-state index < -0.39 is 5.91 Å². The standard InChI is InChI=1S/C15H17ClN4O3S/c16-11-6-4-5-10(9-11)14-18-19-15(24-14)17-12(21)7-2-1-3-8-13(22)20-23/h4-6,9,23H,1-3,7-8H2,(H,20,22)(H,17,19,21). The lowest BCUT2D eigenvalue weighted by molar-refractivity contribution is -0.129. The van der Waals surface area contributed by atoms with Crippen LogP contribution in [-0.4, -0.2) is 27.2 Å². The summed E-state index contributed by atoms with van der Waals surface area (Å²) >= 11 is 7.23. The number of halogens is 1. The molecule has 0 aliphatic rings. The Labute approximate surface area is 148 Å². The Morgan fingerprint density at radius 3 is 2.58 bits per heavy atom. The summed E-state index contributed by atoms with van der Waals surface area (Å²) in [6, 6.07) is 7.27. The van der Waals surface area contributed by atoms with Gasteiger partial charge in [-0.1, -0.05) is 41.5 Å². The molecule has 24 heavy (non-hydrogen) atoms. The molecule has 0 saturated heterocycles. The second-order valence-corrected chi connectivity index (χ2v) is 6.48. The van der Waals surface area contributed by atoms with Crippen LogP contribution < -0.4 is 10.8 Å². The average Bonchev–Trinajstić information content (AvgIpc) is 3.02. The maximum absolute atomic E-state index is 11.9. The van der Waals surface area contributed by atoms with E-state index in [1.165, 1.54) is 11.3 Å². The predicted octanol–water partition coefficient (Wildman–Crippen LogP) is 3.25. The number of carbonyl (C=O) groups is 2.